The summed E-state index contributed by atoms with van der Waals surface area (Å²) in [4.78, 5) is 0. The molecule has 0 amide bonds. The third kappa shape index (κ3) is 9.50. The van der Waals surface area contributed by atoms with Gasteiger partial charge in [-0.2, -0.15) is 0 Å². The zero-order valence-electron chi connectivity index (χ0n) is 4.97. The first-order valence-corrected chi connectivity index (χ1v) is 4.77. The maximum absolute atomic E-state index is 10.6. The van der Waals surface area contributed by atoms with Crippen molar-refractivity contribution in [3.63, 3.8) is 0 Å². The van der Waals surface area contributed by atoms with Gasteiger partial charge in [0.1, 0.15) is 0 Å². The fourth-order valence-corrected chi connectivity index (χ4v) is 0.933. The third-order valence-electron chi connectivity index (χ3n) is 0.440. The second-order valence-electron chi connectivity index (χ2n) is 1.67. The molecule has 3 heteroatoms. The zero-order chi connectivity index (χ0) is 5.91. The van der Waals surface area contributed by atoms with Gasteiger partial charge in [0.2, 0.25) is 0 Å². The minimum atomic E-state index is -2.17. The van der Waals surface area contributed by atoms with Crippen LogP contribution in [0.1, 0.15) is 14.4 Å². The largest absolute Gasteiger partial charge is 0.329 e. The van der Waals surface area contributed by atoms with Crippen LogP contribution in [0.25, 0.3) is 0 Å². The Bertz CT molecular complexity index is 84.4. The van der Waals surface area contributed by atoms with Crippen molar-refractivity contribution in [2.75, 3.05) is 19.9 Å². The predicted octanol–water partition coefficient (Wildman–Crippen LogP) is 2.20. The fourth-order valence-electron chi connectivity index (χ4n) is 0.311. The molecule has 0 atom stereocenters. The van der Waals surface area contributed by atoms with Crippen LogP contribution in [0.4, 0.5) is 0 Å². The van der Waals surface area contributed by atoms with Gasteiger partial charge in [0.25, 0.3) is 0 Å². The Hall–Kier alpha value is 0.190. The van der Waals surface area contributed by atoms with E-state index in [-0.39, 0.29) is 7.43 Å². The highest BCUT2D eigenvalue weighted by Crippen LogP contribution is 2.36. The third-order valence-corrected chi connectivity index (χ3v) is 1.32. The maximum atomic E-state index is 10.6. The molecule has 0 radical (unpaired) electrons. The van der Waals surface area contributed by atoms with Crippen molar-refractivity contribution in [3.8, 4) is 0 Å². The average molecular weight is 138 g/mol. The van der Waals surface area contributed by atoms with Crippen LogP contribution in [0.2, 0.25) is 0 Å². The summed E-state index contributed by atoms with van der Waals surface area (Å²) in [6.45, 7) is 5.59. The maximum Gasteiger partial charge on any atom is 0.197 e. The van der Waals surface area contributed by atoms with Crippen LogP contribution >= 0.6 is 7.37 Å². The first kappa shape index (κ1) is 11.0. The Morgan fingerprint density at radius 3 is 1.88 bits per heavy atom. The van der Waals surface area contributed by atoms with Crippen molar-refractivity contribution in [1.29, 1.82) is 0 Å². The standard InChI is InChI=1S/C4H11O2P.CH4/c1-4-6-7(2,3)5;/h4H2,1-3H3;1H4. The second kappa shape index (κ2) is 4.11. The molecule has 0 aliphatic carbocycles. The van der Waals surface area contributed by atoms with Gasteiger partial charge < -0.3 is 4.52 Å². The van der Waals surface area contributed by atoms with Crippen molar-refractivity contribution in [1.82, 2.24) is 0 Å². The molecule has 0 N–H and O–H groups in total. The van der Waals surface area contributed by atoms with Gasteiger partial charge in [-0.15, -0.1) is 0 Å². The van der Waals surface area contributed by atoms with E-state index in [0.29, 0.717) is 6.61 Å². The summed E-state index contributed by atoms with van der Waals surface area (Å²) in [5.74, 6) is 0. The van der Waals surface area contributed by atoms with Gasteiger partial charge >= 0.3 is 0 Å². The lowest BCUT2D eigenvalue weighted by molar-refractivity contribution is 0.341. The minimum absolute atomic E-state index is 0. The Balaban J connectivity index is 0. The highest BCUT2D eigenvalue weighted by molar-refractivity contribution is 7.57. The SMILES string of the molecule is C.CCOP(C)(C)=O. The molecule has 0 saturated carbocycles. The summed E-state index contributed by atoms with van der Waals surface area (Å²) in [5, 5.41) is 0. The molecule has 0 heterocycles. The first-order chi connectivity index (χ1) is 3.06. The van der Waals surface area contributed by atoms with Crippen LogP contribution in [0.3, 0.4) is 0 Å². The molecule has 0 rings (SSSR count). The summed E-state index contributed by atoms with van der Waals surface area (Å²) in [7, 11) is -2.17. The molecule has 0 aliphatic rings. The van der Waals surface area contributed by atoms with Crippen LogP contribution in [-0.4, -0.2) is 19.9 Å². The lowest BCUT2D eigenvalue weighted by atomic mass is 10.9. The summed E-state index contributed by atoms with van der Waals surface area (Å²) >= 11 is 0. The van der Waals surface area contributed by atoms with Gasteiger partial charge in [0.05, 0.1) is 6.61 Å². The topological polar surface area (TPSA) is 26.3 Å². The van der Waals surface area contributed by atoms with E-state index in [4.69, 9.17) is 4.52 Å². The molecule has 0 aliphatic heterocycles. The molecule has 0 saturated heterocycles. The summed E-state index contributed by atoms with van der Waals surface area (Å²) < 4.78 is 15.4. The number of hydrogen-bond acceptors (Lipinski definition) is 2. The smallest absolute Gasteiger partial charge is 0.197 e. The second-order valence-corrected chi connectivity index (χ2v) is 4.43. The van der Waals surface area contributed by atoms with E-state index in [2.05, 4.69) is 0 Å². The van der Waals surface area contributed by atoms with Gasteiger partial charge in [-0.05, 0) is 6.92 Å². The van der Waals surface area contributed by atoms with Gasteiger partial charge in [0, 0.05) is 13.3 Å². The monoisotopic (exact) mass is 138 g/mol. The van der Waals surface area contributed by atoms with E-state index >= 15 is 0 Å². The number of rotatable bonds is 2. The minimum Gasteiger partial charge on any atom is -0.329 e. The van der Waals surface area contributed by atoms with Crippen molar-refractivity contribution in [2.24, 2.45) is 0 Å². The lowest BCUT2D eigenvalue weighted by Gasteiger charge is -2.02. The Labute approximate surface area is 51.7 Å². The van der Waals surface area contributed by atoms with E-state index in [9.17, 15) is 4.57 Å². The zero-order valence-corrected chi connectivity index (χ0v) is 5.87. The summed E-state index contributed by atoms with van der Waals surface area (Å²) in [6, 6.07) is 0. The molecule has 0 fully saturated rings. The average Bonchev–Trinajstić information content (AvgIpc) is 1.30. The molecule has 0 bridgehead atoms. The van der Waals surface area contributed by atoms with E-state index < -0.39 is 7.37 Å². The molecule has 0 unspecified atom stereocenters. The summed E-state index contributed by atoms with van der Waals surface area (Å²) in [5.41, 5.74) is 0. The molecular formula is C5H15O2P. The molecule has 52 valence electrons. The van der Waals surface area contributed by atoms with Crippen LogP contribution in [-0.2, 0) is 9.09 Å². The van der Waals surface area contributed by atoms with Gasteiger partial charge in [-0.1, -0.05) is 7.43 Å². The Kier molecular flexibility index (Phi) is 5.67. The van der Waals surface area contributed by atoms with E-state index in [1.807, 2.05) is 6.92 Å². The molecular weight excluding hydrogens is 123 g/mol. The normalized spacial score (nSPS) is 10.4. The first-order valence-electron chi connectivity index (χ1n) is 2.26. The van der Waals surface area contributed by atoms with Gasteiger partial charge in [-0.3, -0.25) is 4.57 Å². The Morgan fingerprint density at radius 2 is 1.88 bits per heavy atom. The predicted molar refractivity (Wildman–Crippen MR) is 37.8 cm³/mol. The van der Waals surface area contributed by atoms with Crippen LogP contribution < -0.4 is 0 Å². The molecule has 0 spiro atoms. The van der Waals surface area contributed by atoms with E-state index in [1.54, 1.807) is 13.3 Å². The van der Waals surface area contributed by atoms with E-state index in [0.717, 1.165) is 0 Å². The number of hydrogen-bond donors (Lipinski definition) is 0. The van der Waals surface area contributed by atoms with Gasteiger partial charge in [0.15, 0.2) is 7.37 Å². The quantitative estimate of drug-likeness (QED) is 0.547. The summed E-state index contributed by atoms with van der Waals surface area (Å²) in [6.07, 6.45) is 0. The molecule has 0 aromatic carbocycles. The van der Waals surface area contributed by atoms with E-state index in [1.165, 1.54) is 0 Å². The van der Waals surface area contributed by atoms with Crippen molar-refractivity contribution in [3.05, 3.63) is 0 Å². The highest BCUT2D eigenvalue weighted by Gasteiger charge is 2.02. The van der Waals surface area contributed by atoms with Gasteiger partial charge in [-0.25, -0.2) is 0 Å². The fraction of sp³-hybridized carbons (Fsp3) is 1.00. The van der Waals surface area contributed by atoms with Crippen LogP contribution in [0.15, 0.2) is 0 Å². The molecule has 0 aromatic rings. The lowest BCUT2D eigenvalue weighted by Crippen LogP contribution is -1.82. The molecule has 0 aromatic heterocycles. The highest BCUT2D eigenvalue weighted by atomic mass is 31.2. The van der Waals surface area contributed by atoms with Crippen LogP contribution in [0.5, 0.6) is 0 Å². The van der Waals surface area contributed by atoms with Crippen LogP contribution in [0, 0.1) is 0 Å². The van der Waals surface area contributed by atoms with Crippen molar-refractivity contribution >= 4 is 7.37 Å². The molecule has 2 nitrogen and oxygen atoms in total. The van der Waals surface area contributed by atoms with Crippen molar-refractivity contribution < 1.29 is 9.09 Å². The Morgan fingerprint density at radius 1 is 1.50 bits per heavy atom. The van der Waals surface area contributed by atoms with Crippen molar-refractivity contribution in [2.45, 2.75) is 14.4 Å². The molecule has 8 heavy (non-hydrogen) atoms.